The zero-order valence-electron chi connectivity index (χ0n) is 8.78. The Bertz CT molecular complexity index is 345. The molecule has 0 unspecified atom stereocenters. The highest BCUT2D eigenvalue weighted by molar-refractivity contribution is 6.28. The fourth-order valence-corrected chi connectivity index (χ4v) is 0.974. The molecule has 6 nitrogen and oxygen atoms in total. The van der Waals surface area contributed by atoms with Crippen LogP contribution >= 0.6 is 11.6 Å². The monoisotopic (exact) mass is 232 g/mol. The van der Waals surface area contributed by atoms with Gasteiger partial charge in [0.15, 0.2) is 0 Å². The first-order valence-corrected chi connectivity index (χ1v) is 4.69. The van der Waals surface area contributed by atoms with Gasteiger partial charge in [0, 0.05) is 0 Å². The third kappa shape index (κ3) is 3.49. The van der Waals surface area contributed by atoms with Gasteiger partial charge in [0.25, 0.3) is 0 Å². The topological polar surface area (TPSA) is 80.2 Å². The van der Waals surface area contributed by atoms with Crippen LogP contribution in [0.2, 0.25) is 5.28 Å². The third-order valence-electron chi connectivity index (χ3n) is 1.62. The second-order valence-corrected chi connectivity index (χ2v) is 3.92. The lowest BCUT2D eigenvalue weighted by molar-refractivity contribution is 0.233. The fraction of sp³-hybridized carbons (Fsp3) is 0.625. The van der Waals surface area contributed by atoms with Crippen molar-refractivity contribution in [3.05, 3.63) is 5.28 Å². The third-order valence-corrected chi connectivity index (χ3v) is 1.78. The number of hydrogen-bond donors (Lipinski definition) is 2. The number of aromatic nitrogens is 3. The summed E-state index contributed by atoms with van der Waals surface area (Å²) < 4.78 is 4.83. The molecule has 0 atom stereocenters. The van der Waals surface area contributed by atoms with Gasteiger partial charge in [0.1, 0.15) is 0 Å². The smallest absolute Gasteiger partial charge is 0.322 e. The van der Waals surface area contributed by atoms with Crippen molar-refractivity contribution in [2.45, 2.75) is 19.4 Å². The number of ether oxygens (including phenoxy) is 1. The SMILES string of the molecule is COc1nc(Cl)nc(NC(C)(C)CO)n1. The van der Waals surface area contributed by atoms with Crippen LogP contribution in [0.3, 0.4) is 0 Å². The van der Waals surface area contributed by atoms with Crippen LogP contribution < -0.4 is 10.1 Å². The number of nitrogens with one attached hydrogen (secondary N) is 1. The van der Waals surface area contributed by atoms with Gasteiger partial charge in [-0.05, 0) is 25.4 Å². The Morgan fingerprint density at radius 1 is 1.40 bits per heavy atom. The zero-order valence-corrected chi connectivity index (χ0v) is 9.54. The highest BCUT2D eigenvalue weighted by atomic mass is 35.5. The minimum absolute atomic E-state index is 0.0399. The molecule has 0 spiro atoms. The van der Waals surface area contributed by atoms with E-state index in [1.807, 2.05) is 0 Å². The number of nitrogens with zero attached hydrogens (tertiary/aromatic N) is 3. The highest BCUT2D eigenvalue weighted by Crippen LogP contribution is 2.14. The molecule has 1 aromatic heterocycles. The Morgan fingerprint density at radius 2 is 2.07 bits per heavy atom. The Labute approximate surface area is 92.7 Å². The molecule has 0 fully saturated rings. The van der Waals surface area contributed by atoms with Crippen molar-refractivity contribution in [3.63, 3.8) is 0 Å². The summed E-state index contributed by atoms with van der Waals surface area (Å²) in [4.78, 5) is 11.5. The molecule has 0 radical (unpaired) electrons. The van der Waals surface area contributed by atoms with Gasteiger partial charge in [-0.2, -0.15) is 15.0 Å². The molecule has 0 amide bonds. The number of halogens is 1. The summed E-state index contributed by atoms with van der Waals surface area (Å²) >= 11 is 5.66. The number of aliphatic hydroxyl groups excluding tert-OH is 1. The van der Waals surface area contributed by atoms with E-state index in [1.165, 1.54) is 7.11 Å². The maximum absolute atomic E-state index is 9.05. The fourth-order valence-electron chi connectivity index (χ4n) is 0.821. The number of methoxy groups -OCH3 is 1. The minimum atomic E-state index is -0.532. The minimum Gasteiger partial charge on any atom is -0.467 e. The summed E-state index contributed by atoms with van der Waals surface area (Å²) in [6.07, 6.45) is 0. The number of rotatable bonds is 4. The van der Waals surface area contributed by atoms with Crippen LogP contribution in [0.5, 0.6) is 6.01 Å². The van der Waals surface area contributed by atoms with Crippen molar-refractivity contribution in [3.8, 4) is 6.01 Å². The molecule has 15 heavy (non-hydrogen) atoms. The van der Waals surface area contributed by atoms with Crippen LogP contribution in [-0.4, -0.2) is 39.3 Å². The van der Waals surface area contributed by atoms with Crippen molar-refractivity contribution < 1.29 is 9.84 Å². The Morgan fingerprint density at radius 3 is 2.60 bits per heavy atom. The van der Waals surface area contributed by atoms with Gasteiger partial charge in [-0.3, -0.25) is 0 Å². The summed E-state index contributed by atoms with van der Waals surface area (Å²) in [6, 6.07) is 0.131. The Balaban J connectivity index is 2.90. The zero-order chi connectivity index (χ0) is 11.5. The molecule has 1 heterocycles. The Hall–Kier alpha value is -1.14. The van der Waals surface area contributed by atoms with E-state index >= 15 is 0 Å². The molecule has 0 aliphatic carbocycles. The van der Waals surface area contributed by atoms with E-state index in [2.05, 4.69) is 20.3 Å². The first kappa shape index (κ1) is 11.9. The van der Waals surface area contributed by atoms with Crippen LogP contribution in [0.1, 0.15) is 13.8 Å². The second kappa shape index (κ2) is 4.59. The van der Waals surface area contributed by atoms with Gasteiger partial charge in [-0.25, -0.2) is 0 Å². The van der Waals surface area contributed by atoms with Crippen molar-refractivity contribution in [2.75, 3.05) is 19.0 Å². The molecular weight excluding hydrogens is 220 g/mol. The molecule has 0 aliphatic heterocycles. The molecule has 0 aliphatic rings. The highest BCUT2D eigenvalue weighted by Gasteiger charge is 2.18. The van der Waals surface area contributed by atoms with E-state index in [9.17, 15) is 0 Å². The van der Waals surface area contributed by atoms with Crippen molar-refractivity contribution >= 4 is 17.5 Å². The van der Waals surface area contributed by atoms with E-state index in [-0.39, 0.29) is 23.8 Å². The van der Waals surface area contributed by atoms with Crippen LogP contribution in [0.25, 0.3) is 0 Å². The average Bonchev–Trinajstić information content (AvgIpc) is 2.16. The second-order valence-electron chi connectivity index (χ2n) is 3.58. The van der Waals surface area contributed by atoms with Gasteiger partial charge in [0.05, 0.1) is 19.3 Å². The first-order valence-electron chi connectivity index (χ1n) is 4.31. The number of hydrogen-bond acceptors (Lipinski definition) is 6. The van der Waals surface area contributed by atoms with Crippen LogP contribution in [0, 0.1) is 0 Å². The molecule has 84 valence electrons. The standard InChI is InChI=1S/C8H13ClN4O2/c1-8(2,4-14)13-6-10-5(9)11-7(12-6)15-3/h14H,4H2,1-3H3,(H,10,11,12,13). The van der Waals surface area contributed by atoms with Crippen molar-refractivity contribution in [2.24, 2.45) is 0 Å². The van der Waals surface area contributed by atoms with E-state index < -0.39 is 5.54 Å². The van der Waals surface area contributed by atoms with Crippen molar-refractivity contribution in [1.82, 2.24) is 15.0 Å². The van der Waals surface area contributed by atoms with Gasteiger partial charge < -0.3 is 15.2 Å². The van der Waals surface area contributed by atoms with Gasteiger partial charge in [0.2, 0.25) is 11.2 Å². The van der Waals surface area contributed by atoms with Gasteiger partial charge in [-0.15, -0.1) is 0 Å². The van der Waals surface area contributed by atoms with E-state index in [1.54, 1.807) is 13.8 Å². The summed E-state index contributed by atoms with van der Waals surface area (Å²) in [7, 11) is 1.44. The number of anilines is 1. The number of aliphatic hydroxyl groups is 1. The molecule has 1 aromatic rings. The van der Waals surface area contributed by atoms with E-state index in [4.69, 9.17) is 21.4 Å². The largest absolute Gasteiger partial charge is 0.467 e. The summed E-state index contributed by atoms with van der Waals surface area (Å²) in [5.74, 6) is 0.269. The molecule has 0 saturated heterocycles. The Kier molecular flexibility index (Phi) is 3.65. The molecule has 0 bridgehead atoms. The normalized spacial score (nSPS) is 11.3. The quantitative estimate of drug-likeness (QED) is 0.796. The lowest BCUT2D eigenvalue weighted by Crippen LogP contribution is -2.35. The summed E-state index contributed by atoms with van der Waals surface area (Å²) in [5.41, 5.74) is -0.532. The molecule has 0 aromatic carbocycles. The lowest BCUT2D eigenvalue weighted by atomic mass is 10.1. The maximum Gasteiger partial charge on any atom is 0.322 e. The van der Waals surface area contributed by atoms with Crippen LogP contribution in [-0.2, 0) is 0 Å². The van der Waals surface area contributed by atoms with E-state index in [0.29, 0.717) is 0 Å². The van der Waals surface area contributed by atoms with Gasteiger partial charge >= 0.3 is 6.01 Å². The molecule has 7 heteroatoms. The molecule has 1 rings (SSSR count). The molecular formula is C8H13ClN4O2. The van der Waals surface area contributed by atoms with Crippen molar-refractivity contribution in [1.29, 1.82) is 0 Å². The van der Waals surface area contributed by atoms with Crippen LogP contribution in [0.15, 0.2) is 0 Å². The molecule has 0 saturated carbocycles. The predicted molar refractivity (Wildman–Crippen MR) is 56.2 cm³/mol. The lowest BCUT2D eigenvalue weighted by Gasteiger charge is -2.23. The average molecular weight is 233 g/mol. The maximum atomic E-state index is 9.05. The summed E-state index contributed by atoms with van der Waals surface area (Å²) in [5, 5.41) is 12.0. The first-order chi connectivity index (χ1) is 6.96. The van der Waals surface area contributed by atoms with Gasteiger partial charge in [-0.1, -0.05) is 0 Å². The predicted octanol–water partition coefficient (Wildman–Crippen LogP) is 0.716. The summed E-state index contributed by atoms with van der Waals surface area (Å²) in [6.45, 7) is 3.55. The molecule has 2 N–H and O–H groups in total. The van der Waals surface area contributed by atoms with Crippen LogP contribution in [0.4, 0.5) is 5.95 Å². The van der Waals surface area contributed by atoms with E-state index in [0.717, 1.165) is 0 Å².